The fraction of sp³-hybridized carbons (Fsp3) is 0.200. The Kier molecular flexibility index (Phi) is 4.15. The van der Waals surface area contributed by atoms with E-state index in [4.69, 9.17) is 10.8 Å². The van der Waals surface area contributed by atoms with Crippen molar-refractivity contribution in [3.63, 3.8) is 0 Å². The number of carboxylic acids is 1. The summed E-state index contributed by atoms with van der Waals surface area (Å²) in [5.74, 6) is -1.51. The first-order valence-electron chi connectivity index (χ1n) is 4.73. The van der Waals surface area contributed by atoms with Gasteiger partial charge in [-0.05, 0) is 24.3 Å². The van der Waals surface area contributed by atoms with Crippen molar-refractivity contribution in [1.29, 1.82) is 0 Å². The van der Waals surface area contributed by atoms with Crippen molar-refractivity contribution in [2.24, 2.45) is 16.1 Å². The highest BCUT2D eigenvalue weighted by Gasteiger charge is 2.01. The number of aliphatic carboxylic acids is 1. The van der Waals surface area contributed by atoms with E-state index in [2.05, 4.69) is 10.3 Å². The number of carbonyl (C=O) groups is 2. The highest BCUT2D eigenvalue weighted by atomic mass is 16.4. The molecule has 0 unspecified atom stereocenters. The van der Waals surface area contributed by atoms with Gasteiger partial charge < -0.3 is 10.8 Å². The molecule has 0 heterocycles. The highest BCUT2D eigenvalue weighted by molar-refractivity contribution is 5.92. The van der Waals surface area contributed by atoms with Crippen molar-refractivity contribution in [1.82, 2.24) is 5.01 Å². The maximum absolute atomic E-state index is 10.8. The molecule has 1 aromatic rings. The van der Waals surface area contributed by atoms with Crippen LogP contribution < -0.4 is 5.73 Å². The zero-order valence-corrected chi connectivity index (χ0v) is 9.20. The summed E-state index contributed by atoms with van der Waals surface area (Å²) in [6.07, 6.45) is 0. The number of likely N-dealkylation sites (N-methyl/N-ethyl adjacent to an activating group) is 1. The van der Waals surface area contributed by atoms with Gasteiger partial charge in [0.2, 0.25) is 5.91 Å². The summed E-state index contributed by atoms with van der Waals surface area (Å²) in [5.41, 5.74) is 5.96. The second-order valence-electron chi connectivity index (χ2n) is 3.31. The summed E-state index contributed by atoms with van der Waals surface area (Å²) in [6.45, 7) is -0.233. The summed E-state index contributed by atoms with van der Waals surface area (Å²) in [4.78, 5) is 21.1. The van der Waals surface area contributed by atoms with Crippen LogP contribution >= 0.6 is 0 Å². The van der Waals surface area contributed by atoms with Crippen LogP contribution in [0.15, 0.2) is 34.6 Å². The smallest absolute Gasteiger partial charge is 0.324 e. The van der Waals surface area contributed by atoms with Crippen molar-refractivity contribution in [3.05, 3.63) is 29.8 Å². The molecular weight excluding hydrogens is 224 g/mol. The second-order valence-corrected chi connectivity index (χ2v) is 3.31. The summed E-state index contributed by atoms with van der Waals surface area (Å²) in [6, 6.07) is 6.18. The number of primary amides is 1. The molecule has 1 rings (SSSR count). The van der Waals surface area contributed by atoms with Gasteiger partial charge in [0.1, 0.15) is 6.54 Å². The average Bonchev–Trinajstić information content (AvgIpc) is 2.26. The molecule has 17 heavy (non-hydrogen) atoms. The SMILES string of the molecule is CN(CC(=O)O)N=Nc1ccc(C(N)=O)cc1. The Morgan fingerprint density at radius 2 is 1.94 bits per heavy atom. The van der Waals surface area contributed by atoms with E-state index in [9.17, 15) is 9.59 Å². The number of rotatable bonds is 5. The molecule has 0 aliphatic rings. The fourth-order valence-corrected chi connectivity index (χ4v) is 1.05. The minimum Gasteiger partial charge on any atom is -0.480 e. The third-order valence-corrected chi connectivity index (χ3v) is 1.83. The third-order valence-electron chi connectivity index (χ3n) is 1.83. The lowest BCUT2D eigenvalue weighted by Crippen LogP contribution is -2.19. The van der Waals surface area contributed by atoms with E-state index < -0.39 is 11.9 Å². The zero-order chi connectivity index (χ0) is 12.8. The van der Waals surface area contributed by atoms with Crippen LogP contribution in [0.2, 0.25) is 0 Å². The van der Waals surface area contributed by atoms with Gasteiger partial charge in [-0.25, -0.2) is 0 Å². The van der Waals surface area contributed by atoms with Gasteiger partial charge in [-0.2, -0.15) is 0 Å². The Balaban J connectivity index is 2.65. The molecule has 0 saturated heterocycles. The molecule has 0 aromatic heterocycles. The molecule has 90 valence electrons. The standard InChI is InChI=1S/C10H12N4O3/c1-14(6-9(15)16)13-12-8-4-2-7(3-5-8)10(11)17/h2-5H,6H2,1H3,(H2,11,17)(H,15,16). The molecule has 3 N–H and O–H groups in total. The quantitative estimate of drug-likeness (QED) is 0.582. The first kappa shape index (κ1) is 12.6. The molecule has 7 heteroatoms. The number of carboxylic acid groups (broad SMARTS) is 1. The van der Waals surface area contributed by atoms with Crippen molar-refractivity contribution in [3.8, 4) is 0 Å². The van der Waals surface area contributed by atoms with Crippen LogP contribution in [0.3, 0.4) is 0 Å². The number of benzene rings is 1. The molecule has 7 nitrogen and oxygen atoms in total. The Labute approximate surface area is 97.5 Å². The van der Waals surface area contributed by atoms with Gasteiger partial charge in [0.05, 0.1) is 5.69 Å². The van der Waals surface area contributed by atoms with Crippen LogP contribution in [-0.4, -0.2) is 35.6 Å². The lowest BCUT2D eigenvalue weighted by atomic mass is 10.2. The molecule has 1 aromatic carbocycles. The number of amides is 1. The maximum atomic E-state index is 10.8. The summed E-state index contributed by atoms with van der Waals surface area (Å²) < 4.78 is 0. The molecule has 0 bridgehead atoms. The summed E-state index contributed by atoms with van der Waals surface area (Å²) in [7, 11) is 1.50. The Hall–Kier alpha value is -2.44. The van der Waals surface area contributed by atoms with E-state index in [1.807, 2.05) is 0 Å². The number of nitrogens with two attached hydrogens (primary N) is 1. The first-order chi connectivity index (χ1) is 7.99. The van der Waals surface area contributed by atoms with E-state index in [0.29, 0.717) is 11.3 Å². The van der Waals surface area contributed by atoms with Gasteiger partial charge in [-0.15, -0.1) is 5.11 Å². The van der Waals surface area contributed by atoms with Crippen molar-refractivity contribution >= 4 is 17.6 Å². The molecule has 0 fully saturated rings. The van der Waals surface area contributed by atoms with E-state index in [1.54, 1.807) is 12.1 Å². The Morgan fingerprint density at radius 3 is 2.41 bits per heavy atom. The van der Waals surface area contributed by atoms with Crippen LogP contribution in [0, 0.1) is 0 Å². The zero-order valence-electron chi connectivity index (χ0n) is 9.20. The largest absolute Gasteiger partial charge is 0.480 e. The third kappa shape index (κ3) is 4.29. The van der Waals surface area contributed by atoms with E-state index in [0.717, 1.165) is 0 Å². The van der Waals surface area contributed by atoms with Gasteiger partial charge >= 0.3 is 5.97 Å². The molecule has 0 saturated carbocycles. The number of nitrogens with zero attached hydrogens (tertiary/aromatic N) is 3. The highest BCUT2D eigenvalue weighted by Crippen LogP contribution is 2.13. The Morgan fingerprint density at radius 1 is 1.35 bits per heavy atom. The molecule has 0 spiro atoms. The predicted octanol–water partition coefficient (Wildman–Crippen LogP) is 0.801. The normalized spacial score (nSPS) is 10.4. The van der Waals surface area contributed by atoms with Crippen LogP contribution in [0.4, 0.5) is 5.69 Å². The number of hydrogen-bond acceptors (Lipinski definition) is 4. The van der Waals surface area contributed by atoms with Crippen molar-refractivity contribution in [2.75, 3.05) is 13.6 Å². The minimum absolute atomic E-state index is 0.233. The number of hydrogen-bond donors (Lipinski definition) is 2. The van der Waals surface area contributed by atoms with Crippen LogP contribution in [0.1, 0.15) is 10.4 Å². The monoisotopic (exact) mass is 236 g/mol. The fourth-order valence-electron chi connectivity index (χ4n) is 1.05. The number of carbonyl (C=O) groups excluding carboxylic acids is 1. The van der Waals surface area contributed by atoms with Crippen LogP contribution in [0.25, 0.3) is 0 Å². The van der Waals surface area contributed by atoms with Gasteiger partial charge in [0.15, 0.2) is 0 Å². The van der Waals surface area contributed by atoms with Crippen molar-refractivity contribution < 1.29 is 14.7 Å². The maximum Gasteiger partial charge on any atom is 0.324 e. The summed E-state index contributed by atoms with van der Waals surface area (Å²) in [5, 5.41) is 17.1. The lowest BCUT2D eigenvalue weighted by Gasteiger charge is -2.06. The van der Waals surface area contributed by atoms with Gasteiger partial charge in [0, 0.05) is 12.6 Å². The predicted molar refractivity (Wildman–Crippen MR) is 59.7 cm³/mol. The average molecular weight is 236 g/mol. The molecule has 0 aliphatic carbocycles. The molecule has 0 atom stereocenters. The van der Waals surface area contributed by atoms with Gasteiger partial charge in [-0.1, -0.05) is 5.22 Å². The Bertz CT molecular complexity index is 441. The van der Waals surface area contributed by atoms with E-state index in [-0.39, 0.29) is 6.54 Å². The molecule has 0 radical (unpaired) electrons. The van der Waals surface area contributed by atoms with E-state index >= 15 is 0 Å². The summed E-state index contributed by atoms with van der Waals surface area (Å²) >= 11 is 0. The second kappa shape index (κ2) is 5.59. The first-order valence-corrected chi connectivity index (χ1v) is 4.73. The van der Waals surface area contributed by atoms with Crippen LogP contribution in [-0.2, 0) is 4.79 Å². The van der Waals surface area contributed by atoms with Gasteiger partial charge in [0.25, 0.3) is 0 Å². The topological polar surface area (TPSA) is 108 Å². The van der Waals surface area contributed by atoms with E-state index in [1.165, 1.54) is 24.2 Å². The minimum atomic E-state index is -0.990. The molecular formula is C10H12N4O3. The molecule has 0 aliphatic heterocycles. The van der Waals surface area contributed by atoms with Gasteiger partial charge in [-0.3, -0.25) is 14.6 Å². The lowest BCUT2D eigenvalue weighted by molar-refractivity contribution is -0.138. The molecule has 1 amide bonds. The van der Waals surface area contributed by atoms with Crippen molar-refractivity contribution in [2.45, 2.75) is 0 Å². The van der Waals surface area contributed by atoms with Crippen LogP contribution in [0.5, 0.6) is 0 Å².